The fourth-order valence-electron chi connectivity index (χ4n) is 3.17. The molecule has 1 atom stereocenters. The maximum absolute atomic E-state index is 13.1. The molecule has 4 rings (SSSR count). The van der Waals surface area contributed by atoms with E-state index in [0.717, 1.165) is 11.3 Å². The van der Waals surface area contributed by atoms with Crippen molar-refractivity contribution in [2.75, 3.05) is 30.4 Å². The smallest absolute Gasteiger partial charge is 0.257 e. The van der Waals surface area contributed by atoms with E-state index in [2.05, 4.69) is 10.1 Å². The Hall–Kier alpha value is -3.22. The summed E-state index contributed by atoms with van der Waals surface area (Å²) in [5.74, 6) is 0.432. The number of amides is 1. The van der Waals surface area contributed by atoms with E-state index in [1.54, 1.807) is 17.0 Å². The highest BCUT2D eigenvalue weighted by molar-refractivity contribution is 5.96. The first-order chi connectivity index (χ1) is 13.0. The van der Waals surface area contributed by atoms with Crippen LogP contribution in [0, 0.1) is 5.82 Å². The van der Waals surface area contributed by atoms with Crippen LogP contribution < -0.4 is 9.80 Å². The van der Waals surface area contributed by atoms with Crippen molar-refractivity contribution >= 4 is 17.3 Å². The molecule has 0 saturated carbocycles. The van der Waals surface area contributed by atoms with E-state index in [4.69, 9.17) is 4.52 Å². The molecule has 0 spiro atoms. The molecule has 1 aliphatic heterocycles. The fraction of sp³-hybridized carbons (Fsp3) is 0.250. The Balaban J connectivity index is 1.52. The van der Waals surface area contributed by atoms with Gasteiger partial charge in [-0.3, -0.25) is 4.79 Å². The highest BCUT2D eigenvalue weighted by atomic mass is 19.1. The molecule has 0 N–H and O–H groups in total. The Morgan fingerprint density at radius 1 is 1.11 bits per heavy atom. The van der Waals surface area contributed by atoms with Crippen LogP contribution >= 0.6 is 0 Å². The number of carbonyl (C=O) groups is 1. The summed E-state index contributed by atoms with van der Waals surface area (Å²) >= 11 is 0. The van der Waals surface area contributed by atoms with Gasteiger partial charge in [0.15, 0.2) is 5.82 Å². The number of carbonyl (C=O) groups excluding carboxylic acids is 1. The summed E-state index contributed by atoms with van der Waals surface area (Å²) in [5.41, 5.74) is 2.58. The summed E-state index contributed by atoms with van der Waals surface area (Å²) in [6.45, 7) is 0.447. The van der Waals surface area contributed by atoms with Gasteiger partial charge in [-0.1, -0.05) is 5.16 Å². The molecule has 138 valence electrons. The number of aromatic nitrogens is 2. The van der Waals surface area contributed by atoms with E-state index < -0.39 is 0 Å². The first-order valence-corrected chi connectivity index (χ1v) is 8.68. The van der Waals surface area contributed by atoms with Crippen molar-refractivity contribution in [2.45, 2.75) is 12.3 Å². The molecule has 1 aromatic heterocycles. The third-order valence-corrected chi connectivity index (χ3v) is 4.70. The lowest BCUT2D eigenvalue weighted by atomic mass is 10.1. The summed E-state index contributed by atoms with van der Waals surface area (Å²) < 4.78 is 18.5. The Kier molecular flexibility index (Phi) is 4.35. The Labute approximate surface area is 156 Å². The zero-order valence-electron chi connectivity index (χ0n) is 15.1. The summed E-state index contributed by atoms with van der Waals surface area (Å²) in [4.78, 5) is 20.5. The molecular formula is C20H19FN4O2. The number of halogens is 1. The van der Waals surface area contributed by atoms with Crippen molar-refractivity contribution in [3.63, 3.8) is 0 Å². The SMILES string of the molecule is CN(C)c1ccc(-c2nc([C@@H]3CC(=O)N(c4ccc(F)cc4)C3)no2)cc1. The lowest BCUT2D eigenvalue weighted by Gasteiger charge is -2.15. The van der Waals surface area contributed by atoms with Crippen molar-refractivity contribution in [3.05, 3.63) is 60.2 Å². The van der Waals surface area contributed by atoms with Gasteiger partial charge in [-0.2, -0.15) is 4.98 Å². The van der Waals surface area contributed by atoms with Gasteiger partial charge >= 0.3 is 0 Å². The van der Waals surface area contributed by atoms with E-state index in [9.17, 15) is 9.18 Å². The zero-order valence-corrected chi connectivity index (χ0v) is 15.1. The number of hydrogen-bond donors (Lipinski definition) is 0. The van der Waals surface area contributed by atoms with E-state index in [0.29, 0.717) is 30.4 Å². The second kappa shape index (κ2) is 6.83. The molecule has 2 heterocycles. The van der Waals surface area contributed by atoms with Crippen LogP contribution in [0.4, 0.5) is 15.8 Å². The summed E-state index contributed by atoms with van der Waals surface area (Å²) in [7, 11) is 3.95. The van der Waals surface area contributed by atoms with Crippen LogP contribution in [0.3, 0.4) is 0 Å². The predicted octanol–water partition coefficient (Wildman–Crippen LogP) is 3.46. The molecular weight excluding hydrogens is 347 g/mol. The van der Waals surface area contributed by atoms with E-state index in [1.807, 2.05) is 43.3 Å². The molecule has 0 aliphatic carbocycles. The van der Waals surface area contributed by atoms with Crippen LogP contribution in [0.2, 0.25) is 0 Å². The lowest BCUT2D eigenvalue weighted by molar-refractivity contribution is -0.117. The molecule has 1 fully saturated rings. The van der Waals surface area contributed by atoms with Crippen LogP contribution in [0.1, 0.15) is 18.2 Å². The summed E-state index contributed by atoms with van der Waals surface area (Å²) in [5, 5.41) is 4.07. The van der Waals surface area contributed by atoms with Crippen LogP contribution in [0.25, 0.3) is 11.5 Å². The minimum absolute atomic E-state index is 0.0340. The van der Waals surface area contributed by atoms with Crippen molar-refractivity contribution in [1.29, 1.82) is 0 Å². The Morgan fingerprint density at radius 3 is 2.48 bits per heavy atom. The number of hydrogen-bond acceptors (Lipinski definition) is 5. The first-order valence-electron chi connectivity index (χ1n) is 8.68. The van der Waals surface area contributed by atoms with Gasteiger partial charge in [-0.25, -0.2) is 4.39 Å². The Bertz CT molecular complexity index is 951. The first kappa shape index (κ1) is 17.2. The van der Waals surface area contributed by atoms with Crippen molar-refractivity contribution in [1.82, 2.24) is 10.1 Å². The molecule has 0 unspecified atom stereocenters. The van der Waals surface area contributed by atoms with E-state index in [1.165, 1.54) is 12.1 Å². The van der Waals surface area contributed by atoms with Crippen LogP contribution in [0.5, 0.6) is 0 Å². The highest BCUT2D eigenvalue weighted by Crippen LogP contribution is 2.31. The van der Waals surface area contributed by atoms with Crippen molar-refractivity contribution < 1.29 is 13.7 Å². The van der Waals surface area contributed by atoms with Gasteiger partial charge < -0.3 is 14.3 Å². The van der Waals surface area contributed by atoms with Crippen LogP contribution in [0.15, 0.2) is 53.1 Å². The Morgan fingerprint density at radius 2 is 1.81 bits per heavy atom. The van der Waals surface area contributed by atoms with Gasteiger partial charge in [-0.05, 0) is 48.5 Å². The average Bonchev–Trinajstić information content (AvgIpc) is 3.29. The fourth-order valence-corrected chi connectivity index (χ4v) is 3.17. The lowest BCUT2D eigenvalue weighted by Crippen LogP contribution is -2.24. The topological polar surface area (TPSA) is 62.5 Å². The van der Waals surface area contributed by atoms with Crippen molar-refractivity contribution in [3.8, 4) is 11.5 Å². The zero-order chi connectivity index (χ0) is 19.0. The molecule has 3 aromatic rings. The monoisotopic (exact) mass is 366 g/mol. The minimum atomic E-state index is -0.329. The second-order valence-electron chi connectivity index (χ2n) is 6.78. The number of rotatable bonds is 4. The van der Waals surface area contributed by atoms with E-state index in [-0.39, 0.29) is 17.6 Å². The predicted molar refractivity (Wildman–Crippen MR) is 100 cm³/mol. The summed E-state index contributed by atoms with van der Waals surface area (Å²) in [6, 6.07) is 13.7. The largest absolute Gasteiger partial charge is 0.378 e. The average molecular weight is 366 g/mol. The molecule has 1 aliphatic rings. The number of nitrogens with zero attached hydrogens (tertiary/aromatic N) is 4. The molecule has 0 bridgehead atoms. The molecule has 0 radical (unpaired) electrons. The van der Waals surface area contributed by atoms with Gasteiger partial charge in [0.05, 0.1) is 0 Å². The highest BCUT2D eigenvalue weighted by Gasteiger charge is 2.34. The molecule has 27 heavy (non-hydrogen) atoms. The molecule has 7 heteroatoms. The van der Waals surface area contributed by atoms with Gasteiger partial charge in [-0.15, -0.1) is 0 Å². The standard InChI is InChI=1S/C20H19FN4O2/c1-24(2)16-7-3-13(4-8-16)20-22-19(23-27-20)14-11-18(26)25(12-14)17-9-5-15(21)6-10-17/h3-10,14H,11-12H2,1-2H3/t14-/m1/s1. The molecule has 1 saturated heterocycles. The van der Waals surface area contributed by atoms with E-state index >= 15 is 0 Å². The number of benzene rings is 2. The van der Waals surface area contributed by atoms with Crippen molar-refractivity contribution in [2.24, 2.45) is 0 Å². The van der Waals surface area contributed by atoms with Gasteiger partial charge in [0.25, 0.3) is 5.89 Å². The molecule has 1 amide bonds. The van der Waals surface area contributed by atoms with Gasteiger partial charge in [0, 0.05) is 49.9 Å². The molecule has 6 nitrogen and oxygen atoms in total. The quantitative estimate of drug-likeness (QED) is 0.708. The van der Waals surface area contributed by atoms with Gasteiger partial charge in [0.2, 0.25) is 5.91 Å². The third-order valence-electron chi connectivity index (χ3n) is 4.70. The van der Waals surface area contributed by atoms with Crippen LogP contribution in [-0.2, 0) is 4.79 Å². The third kappa shape index (κ3) is 3.40. The minimum Gasteiger partial charge on any atom is -0.378 e. The maximum atomic E-state index is 13.1. The maximum Gasteiger partial charge on any atom is 0.257 e. The number of anilines is 2. The second-order valence-corrected chi connectivity index (χ2v) is 6.78. The normalized spacial score (nSPS) is 16.8. The molecule has 2 aromatic carbocycles. The van der Waals surface area contributed by atoms with Crippen LogP contribution in [-0.4, -0.2) is 36.7 Å². The van der Waals surface area contributed by atoms with Gasteiger partial charge in [0.1, 0.15) is 5.82 Å². The summed E-state index contributed by atoms with van der Waals surface area (Å²) in [6.07, 6.45) is 0.302.